The maximum Gasteiger partial charge on any atom is 0.161 e. The van der Waals surface area contributed by atoms with Crippen LogP contribution in [0.3, 0.4) is 0 Å². The predicted octanol–water partition coefficient (Wildman–Crippen LogP) is 3.69. The van der Waals surface area contributed by atoms with E-state index in [1.807, 2.05) is 24.3 Å². The molecule has 2 heterocycles. The summed E-state index contributed by atoms with van der Waals surface area (Å²) in [5.74, 6) is 3.60. The number of rotatable bonds is 6. The van der Waals surface area contributed by atoms with Crippen LogP contribution in [0.25, 0.3) is 11.4 Å². The van der Waals surface area contributed by atoms with Crippen LogP contribution in [0, 0.1) is 5.92 Å². The standard InChI is InChI=1S/C20H28N4O/c1-14(2)18-12-19(22-13-15-8-10-21-11-9-15)24-20(23-18)16-4-6-17(25-3)7-5-16/h4-7,12,14-15,21H,8-11,13H2,1-3H3,(H,22,23,24). The molecular weight excluding hydrogens is 312 g/mol. The van der Waals surface area contributed by atoms with Gasteiger partial charge in [0.1, 0.15) is 11.6 Å². The van der Waals surface area contributed by atoms with Crippen LogP contribution >= 0.6 is 0 Å². The molecule has 134 valence electrons. The van der Waals surface area contributed by atoms with Crippen LogP contribution < -0.4 is 15.4 Å². The van der Waals surface area contributed by atoms with E-state index in [1.54, 1.807) is 7.11 Å². The molecule has 25 heavy (non-hydrogen) atoms. The molecule has 0 spiro atoms. The molecule has 0 aliphatic carbocycles. The molecular formula is C20H28N4O. The summed E-state index contributed by atoms with van der Waals surface area (Å²) in [5.41, 5.74) is 2.07. The van der Waals surface area contributed by atoms with Crippen LogP contribution in [0.1, 0.15) is 38.3 Å². The monoisotopic (exact) mass is 340 g/mol. The van der Waals surface area contributed by atoms with E-state index >= 15 is 0 Å². The smallest absolute Gasteiger partial charge is 0.161 e. The quantitative estimate of drug-likeness (QED) is 0.840. The zero-order valence-corrected chi connectivity index (χ0v) is 15.4. The molecule has 1 aromatic heterocycles. The van der Waals surface area contributed by atoms with E-state index in [0.29, 0.717) is 11.8 Å². The summed E-state index contributed by atoms with van der Waals surface area (Å²) >= 11 is 0. The van der Waals surface area contributed by atoms with Gasteiger partial charge in [0.05, 0.1) is 7.11 Å². The van der Waals surface area contributed by atoms with Gasteiger partial charge in [-0.1, -0.05) is 13.8 Å². The zero-order valence-electron chi connectivity index (χ0n) is 15.4. The minimum atomic E-state index is 0.361. The van der Waals surface area contributed by atoms with Gasteiger partial charge in [-0.15, -0.1) is 0 Å². The summed E-state index contributed by atoms with van der Waals surface area (Å²) in [6.07, 6.45) is 2.45. The molecule has 5 heteroatoms. The summed E-state index contributed by atoms with van der Waals surface area (Å²) in [6, 6.07) is 9.99. The van der Waals surface area contributed by atoms with E-state index in [4.69, 9.17) is 14.7 Å². The van der Waals surface area contributed by atoms with Crippen molar-refractivity contribution in [2.75, 3.05) is 32.1 Å². The molecule has 2 aromatic rings. The molecule has 1 aromatic carbocycles. The lowest BCUT2D eigenvalue weighted by molar-refractivity contribution is 0.389. The Morgan fingerprint density at radius 1 is 1.16 bits per heavy atom. The lowest BCUT2D eigenvalue weighted by Crippen LogP contribution is -2.31. The van der Waals surface area contributed by atoms with Crippen molar-refractivity contribution >= 4 is 5.82 Å². The molecule has 1 saturated heterocycles. The SMILES string of the molecule is COc1ccc(-c2nc(NCC3CCNCC3)cc(C(C)C)n2)cc1. The van der Waals surface area contributed by atoms with Crippen molar-refractivity contribution in [1.29, 1.82) is 0 Å². The van der Waals surface area contributed by atoms with E-state index in [1.165, 1.54) is 12.8 Å². The lowest BCUT2D eigenvalue weighted by atomic mass is 9.98. The zero-order chi connectivity index (χ0) is 17.6. The number of aromatic nitrogens is 2. The second-order valence-corrected chi connectivity index (χ2v) is 6.96. The Morgan fingerprint density at radius 2 is 1.88 bits per heavy atom. The highest BCUT2D eigenvalue weighted by Crippen LogP contribution is 2.24. The predicted molar refractivity (Wildman–Crippen MR) is 102 cm³/mol. The lowest BCUT2D eigenvalue weighted by Gasteiger charge is -2.23. The Balaban J connectivity index is 1.80. The van der Waals surface area contributed by atoms with Crippen LogP contribution in [-0.4, -0.2) is 36.7 Å². The first kappa shape index (κ1) is 17.7. The molecule has 5 nitrogen and oxygen atoms in total. The number of anilines is 1. The number of hydrogen-bond acceptors (Lipinski definition) is 5. The summed E-state index contributed by atoms with van der Waals surface area (Å²) in [6.45, 7) is 7.53. The summed E-state index contributed by atoms with van der Waals surface area (Å²) in [4.78, 5) is 9.50. The number of ether oxygens (including phenoxy) is 1. The Hall–Kier alpha value is -2.14. The van der Waals surface area contributed by atoms with Crippen LogP contribution in [0.5, 0.6) is 5.75 Å². The van der Waals surface area contributed by atoms with Crippen molar-refractivity contribution < 1.29 is 4.74 Å². The Labute approximate surface area is 150 Å². The van der Waals surface area contributed by atoms with Crippen molar-refractivity contribution in [2.24, 2.45) is 5.92 Å². The fourth-order valence-corrected chi connectivity index (χ4v) is 3.06. The summed E-state index contributed by atoms with van der Waals surface area (Å²) < 4.78 is 5.24. The van der Waals surface area contributed by atoms with E-state index < -0.39 is 0 Å². The largest absolute Gasteiger partial charge is 0.497 e. The van der Waals surface area contributed by atoms with Gasteiger partial charge in [-0.05, 0) is 62.0 Å². The Morgan fingerprint density at radius 3 is 2.52 bits per heavy atom. The Bertz CT molecular complexity index is 679. The molecule has 1 aliphatic heterocycles. The molecule has 0 bridgehead atoms. The fraction of sp³-hybridized carbons (Fsp3) is 0.500. The molecule has 0 saturated carbocycles. The fourth-order valence-electron chi connectivity index (χ4n) is 3.06. The first-order valence-corrected chi connectivity index (χ1v) is 9.13. The van der Waals surface area contributed by atoms with E-state index in [-0.39, 0.29) is 0 Å². The van der Waals surface area contributed by atoms with Gasteiger partial charge in [-0.3, -0.25) is 0 Å². The van der Waals surface area contributed by atoms with Crippen LogP contribution in [0.4, 0.5) is 5.82 Å². The highest BCUT2D eigenvalue weighted by Gasteiger charge is 2.14. The maximum atomic E-state index is 5.24. The Kier molecular flexibility index (Phi) is 5.87. The van der Waals surface area contributed by atoms with Gasteiger partial charge in [-0.2, -0.15) is 0 Å². The third-order valence-corrected chi connectivity index (χ3v) is 4.72. The first-order valence-electron chi connectivity index (χ1n) is 9.13. The highest BCUT2D eigenvalue weighted by atomic mass is 16.5. The third kappa shape index (κ3) is 4.69. The normalized spacial score (nSPS) is 15.4. The molecule has 0 amide bonds. The van der Waals surface area contributed by atoms with Crippen molar-refractivity contribution in [3.63, 3.8) is 0 Å². The van der Waals surface area contributed by atoms with Crippen molar-refractivity contribution in [3.05, 3.63) is 36.0 Å². The van der Waals surface area contributed by atoms with Crippen LogP contribution in [0.15, 0.2) is 30.3 Å². The van der Waals surface area contributed by atoms with Crippen molar-refractivity contribution in [3.8, 4) is 17.1 Å². The van der Waals surface area contributed by atoms with Gasteiger partial charge in [0.2, 0.25) is 0 Å². The van der Waals surface area contributed by atoms with Gasteiger partial charge < -0.3 is 15.4 Å². The van der Waals surface area contributed by atoms with Crippen LogP contribution in [-0.2, 0) is 0 Å². The average Bonchev–Trinajstić information content (AvgIpc) is 2.67. The number of hydrogen-bond donors (Lipinski definition) is 2. The van der Waals surface area contributed by atoms with E-state index in [2.05, 4.69) is 30.5 Å². The number of piperidine rings is 1. The van der Waals surface area contributed by atoms with Gasteiger partial charge in [0.15, 0.2) is 5.82 Å². The second kappa shape index (κ2) is 8.30. The van der Waals surface area contributed by atoms with Gasteiger partial charge in [0, 0.05) is 23.9 Å². The van der Waals surface area contributed by atoms with Crippen molar-refractivity contribution in [2.45, 2.75) is 32.6 Å². The topological polar surface area (TPSA) is 59.1 Å². The second-order valence-electron chi connectivity index (χ2n) is 6.96. The molecule has 0 unspecified atom stereocenters. The molecule has 0 radical (unpaired) electrons. The van der Waals surface area contributed by atoms with Gasteiger partial charge in [-0.25, -0.2) is 9.97 Å². The molecule has 0 atom stereocenters. The van der Waals surface area contributed by atoms with Crippen LogP contribution in [0.2, 0.25) is 0 Å². The first-order chi connectivity index (χ1) is 12.2. The summed E-state index contributed by atoms with van der Waals surface area (Å²) in [7, 11) is 1.67. The third-order valence-electron chi connectivity index (χ3n) is 4.72. The van der Waals surface area contributed by atoms with Crippen molar-refractivity contribution in [1.82, 2.24) is 15.3 Å². The van der Waals surface area contributed by atoms with Gasteiger partial charge in [0.25, 0.3) is 0 Å². The number of methoxy groups -OCH3 is 1. The number of nitrogens with zero attached hydrogens (tertiary/aromatic N) is 2. The minimum Gasteiger partial charge on any atom is -0.497 e. The molecule has 2 N–H and O–H groups in total. The molecule has 1 aliphatic rings. The summed E-state index contributed by atoms with van der Waals surface area (Å²) in [5, 5.41) is 6.95. The van der Waals surface area contributed by atoms with E-state index in [0.717, 1.165) is 48.3 Å². The van der Waals surface area contributed by atoms with Gasteiger partial charge >= 0.3 is 0 Å². The number of benzene rings is 1. The molecule has 3 rings (SSSR count). The molecule has 1 fully saturated rings. The maximum absolute atomic E-state index is 5.24. The number of nitrogens with one attached hydrogen (secondary N) is 2. The van der Waals surface area contributed by atoms with E-state index in [9.17, 15) is 0 Å². The minimum absolute atomic E-state index is 0.361. The highest BCUT2D eigenvalue weighted by molar-refractivity contribution is 5.59. The average molecular weight is 340 g/mol.